The fourth-order valence-electron chi connectivity index (χ4n) is 3.47. The fraction of sp³-hybridized carbons (Fsp3) is 0.0952. The molecule has 7 nitrogen and oxygen atoms in total. The zero-order valence-corrected chi connectivity index (χ0v) is 17.2. The molecular formula is C21H13ClN4O3S. The Bertz CT molecular complexity index is 1510. The SMILES string of the molecule is Cc1nn2c(=O)c(=C3C(=O)N(Cc4ccc(Cl)cc4)c4ccccc43)sc2nc1=O. The lowest BCUT2D eigenvalue weighted by Crippen LogP contribution is -2.33. The smallest absolute Gasteiger partial charge is 0.295 e. The number of anilines is 1. The van der Waals surface area contributed by atoms with Crippen LogP contribution in [0, 0.1) is 6.92 Å². The van der Waals surface area contributed by atoms with E-state index in [-0.39, 0.29) is 21.1 Å². The van der Waals surface area contributed by atoms with Gasteiger partial charge in [0.2, 0.25) is 4.96 Å². The first kappa shape index (κ1) is 18.7. The second-order valence-electron chi connectivity index (χ2n) is 6.84. The Hall–Kier alpha value is -3.36. The zero-order chi connectivity index (χ0) is 21.0. The maximum Gasteiger partial charge on any atom is 0.295 e. The van der Waals surface area contributed by atoms with Gasteiger partial charge in [-0.25, -0.2) is 0 Å². The minimum absolute atomic E-state index is 0.126. The van der Waals surface area contributed by atoms with Gasteiger partial charge in [0.25, 0.3) is 17.0 Å². The average Bonchev–Trinajstić information content (AvgIpc) is 3.18. The summed E-state index contributed by atoms with van der Waals surface area (Å²) in [4.78, 5) is 44.0. The van der Waals surface area contributed by atoms with Crippen molar-refractivity contribution in [1.29, 1.82) is 0 Å². The lowest BCUT2D eigenvalue weighted by Gasteiger charge is -2.17. The Morgan fingerprint density at radius 2 is 1.77 bits per heavy atom. The monoisotopic (exact) mass is 436 g/mol. The number of fused-ring (bicyclic) bond motifs is 2. The van der Waals surface area contributed by atoms with Crippen molar-refractivity contribution < 1.29 is 4.79 Å². The molecule has 0 unspecified atom stereocenters. The molecule has 2 aromatic heterocycles. The molecule has 0 radical (unpaired) electrons. The number of thiazole rings is 1. The third kappa shape index (κ3) is 2.84. The van der Waals surface area contributed by atoms with E-state index < -0.39 is 11.1 Å². The second-order valence-corrected chi connectivity index (χ2v) is 8.26. The Morgan fingerprint density at radius 3 is 2.53 bits per heavy atom. The summed E-state index contributed by atoms with van der Waals surface area (Å²) in [6, 6.07) is 14.6. The third-order valence-electron chi connectivity index (χ3n) is 4.92. The van der Waals surface area contributed by atoms with E-state index in [9.17, 15) is 14.4 Å². The summed E-state index contributed by atoms with van der Waals surface area (Å²) in [5.74, 6) is -0.283. The molecule has 5 rings (SSSR count). The van der Waals surface area contributed by atoms with Gasteiger partial charge in [0, 0.05) is 10.6 Å². The van der Waals surface area contributed by atoms with E-state index in [1.807, 2.05) is 36.4 Å². The van der Waals surface area contributed by atoms with Crippen molar-refractivity contribution >= 4 is 45.1 Å². The number of benzene rings is 2. The Morgan fingerprint density at radius 1 is 1.03 bits per heavy atom. The van der Waals surface area contributed by atoms with E-state index in [1.165, 1.54) is 6.92 Å². The highest BCUT2D eigenvalue weighted by molar-refractivity contribution is 7.15. The van der Waals surface area contributed by atoms with Gasteiger partial charge >= 0.3 is 0 Å². The standard InChI is InChI=1S/C21H13ClN4O3S/c1-11-18(27)23-21-26(24-11)20(29)17(30-21)16-14-4-2-3-5-15(14)25(19(16)28)10-12-6-8-13(22)9-7-12/h2-9H,10H2,1H3. The molecule has 0 fully saturated rings. The van der Waals surface area contributed by atoms with Gasteiger partial charge in [-0.15, -0.1) is 0 Å². The van der Waals surface area contributed by atoms with Gasteiger partial charge in [-0.1, -0.05) is 53.3 Å². The minimum atomic E-state index is -0.490. The molecule has 0 bridgehead atoms. The van der Waals surface area contributed by atoms with Crippen LogP contribution in [0.25, 0.3) is 10.5 Å². The molecule has 0 N–H and O–H groups in total. The van der Waals surface area contributed by atoms with Gasteiger partial charge in [-0.05, 0) is 30.7 Å². The Labute approximate surface area is 178 Å². The second kappa shape index (κ2) is 6.86. The molecule has 1 aliphatic heterocycles. The lowest BCUT2D eigenvalue weighted by atomic mass is 10.1. The summed E-state index contributed by atoms with van der Waals surface area (Å²) >= 11 is 6.96. The summed E-state index contributed by atoms with van der Waals surface area (Å²) in [7, 11) is 0. The van der Waals surface area contributed by atoms with Crippen LogP contribution in [0.15, 0.2) is 58.1 Å². The molecule has 0 atom stereocenters. The molecule has 4 aromatic rings. The molecular weight excluding hydrogens is 424 g/mol. The van der Waals surface area contributed by atoms with Crippen LogP contribution in [0.1, 0.15) is 16.8 Å². The van der Waals surface area contributed by atoms with Gasteiger partial charge in [0.1, 0.15) is 10.2 Å². The van der Waals surface area contributed by atoms with E-state index >= 15 is 0 Å². The molecule has 0 saturated carbocycles. The van der Waals surface area contributed by atoms with Crippen molar-refractivity contribution in [1.82, 2.24) is 14.6 Å². The predicted molar refractivity (Wildman–Crippen MR) is 115 cm³/mol. The van der Waals surface area contributed by atoms with Gasteiger partial charge in [0.05, 0.1) is 17.8 Å². The number of aryl methyl sites for hydroxylation is 1. The van der Waals surface area contributed by atoms with E-state index in [0.29, 0.717) is 22.7 Å². The summed E-state index contributed by atoms with van der Waals surface area (Å²) in [5.41, 5.74) is 1.77. The van der Waals surface area contributed by atoms with Crippen LogP contribution < -0.4 is 20.6 Å². The minimum Gasteiger partial charge on any atom is -0.303 e. The molecule has 0 spiro atoms. The van der Waals surface area contributed by atoms with E-state index in [2.05, 4.69) is 10.1 Å². The molecule has 1 aliphatic rings. The first-order valence-electron chi connectivity index (χ1n) is 9.04. The molecule has 1 amide bonds. The highest BCUT2D eigenvalue weighted by Gasteiger charge is 2.34. The van der Waals surface area contributed by atoms with Gasteiger partial charge in [-0.2, -0.15) is 14.6 Å². The normalized spacial score (nSPS) is 15.1. The van der Waals surface area contributed by atoms with Crippen molar-refractivity contribution in [2.45, 2.75) is 13.5 Å². The number of hydrogen-bond acceptors (Lipinski definition) is 6. The quantitative estimate of drug-likeness (QED) is 0.479. The first-order valence-corrected chi connectivity index (χ1v) is 10.2. The molecule has 30 heavy (non-hydrogen) atoms. The van der Waals surface area contributed by atoms with Gasteiger partial charge in [0.15, 0.2) is 0 Å². The lowest BCUT2D eigenvalue weighted by molar-refractivity contribution is -0.113. The molecule has 0 aliphatic carbocycles. The van der Waals surface area contributed by atoms with Crippen LogP contribution in [0.4, 0.5) is 5.69 Å². The number of carbonyl (C=O) groups is 1. The van der Waals surface area contributed by atoms with E-state index in [1.54, 1.807) is 17.0 Å². The first-order chi connectivity index (χ1) is 14.4. The predicted octanol–water partition coefficient (Wildman–Crippen LogP) is 1.94. The summed E-state index contributed by atoms with van der Waals surface area (Å²) < 4.78 is 1.30. The van der Waals surface area contributed by atoms with Crippen molar-refractivity contribution in [3.05, 3.63) is 95.6 Å². The molecule has 2 aromatic carbocycles. The summed E-state index contributed by atoms with van der Waals surface area (Å²) in [6.07, 6.45) is 0. The largest absolute Gasteiger partial charge is 0.303 e. The number of aromatic nitrogens is 3. The topological polar surface area (TPSA) is 84.6 Å². The summed E-state index contributed by atoms with van der Waals surface area (Å²) in [6.45, 7) is 1.83. The molecule has 148 valence electrons. The third-order valence-corrected chi connectivity index (χ3v) is 6.20. The van der Waals surface area contributed by atoms with Crippen molar-refractivity contribution in [3.63, 3.8) is 0 Å². The van der Waals surface area contributed by atoms with E-state index in [0.717, 1.165) is 27.1 Å². The van der Waals surface area contributed by atoms with Crippen LogP contribution in [0.5, 0.6) is 0 Å². The van der Waals surface area contributed by atoms with Crippen LogP contribution in [-0.2, 0) is 11.3 Å². The summed E-state index contributed by atoms with van der Waals surface area (Å²) in [5, 5.41) is 4.65. The number of nitrogens with zero attached hydrogens (tertiary/aromatic N) is 4. The zero-order valence-electron chi connectivity index (χ0n) is 15.6. The number of para-hydroxylation sites is 1. The van der Waals surface area contributed by atoms with Crippen LogP contribution in [0.2, 0.25) is 5.02 Å². The van der Waals surface area contributed by atoms with Crippen molar-refractivity contribution in [2.75, 3.05) is 4.90 Å². The van der Waals surface area contributed by atoms with Crippen molar-refractivity contribution in [2.24, 2.45) is 0 Å². The number of halogens is 1. The Kier molecular flexibility index (Phi) is 4.27. The van der Waals surface area contributed by atoms with Crippen molar-refractivity contribution in [3.8, 4) is 0 Å². The number of hydrogen-bond donors (Lipinski definition) is 0. The number of rotatable bonds is 2. The number of carbonyl (C=O) groups excluding carboxylic acids is 1. The van der Waals surface area contributed by atoms with Crippen LogP contribution in [-0.4, -0.2) is 20.5 Å². The van der Waals surface area contributed by atoms with Gasteiger partial charge < -0.3 is 4.90 Å². The number of amides is 1. The highest BCUT2D eigenvalue weighted by atomic mass is 35.5. The van der Waals surface area contributed by atoms with Crippen LogP contribution in [0.3, 0.4) is 0 Å². The highest BCUT2D eigenvalue weighted by Crippen LogP contribution is 2.36. The average molecular weight is 437 g/mol. The Balaban J connectivity index is 1.74. The fourth-order valence-corrected chi connectivity index (χ4v) is 4.59. The molecule has 0 saturated heterocycles. The molecule has 9 heteroatoms. The maximum atomic E-state index is 13.4. The molecule has 3 heterocycles. The van der Waals surface area contributed by atoms with Crippen LogP contribution >= 0.6 is 22.9 Å². The maximum absolute atomic E-state index is 13.4. The van der Waals surface area contributed by atoms with E-state index in [4.69, 9.17) is 11.6 Å². The van der Waals surface area contributed by atoms with Gasteiger partial charge in [-0.3, -0.25) is 14.4 Å².